The lowest BCUT2D eigenvalue weighted by Gasteiger charge is -2.09. The molecule has 1 rings (SSSR count). The number of aryl methyl sites for hydroxylation is 1. The Labute approximate surface area is 95.3 Å². The number of pyridine rings is 1. The first kappa shape index (κ1) is 12.2. The summed E-state index contributed by atoms with van der Waals surface area (Å²) in [6.07, 6.45) is 3.98. The zero-order valence-electron chi connectivity index (χ0n) is 9.53. The molecule has 0 fully saturated rings. The maximum Gasteiger partial charge on any atom is 0.237 e. The Morgan fingerprint density at radius 3 is 3.00 bits per heavy atom. The smallest absolute Gasteiger partial charge is 0.237 e. The van der Waals surface area contributed by atoms with Crippen molar-refractivity contribution in [2.24, 2.45) is 5.92 Å². The average Bonchev–Trinajstić information content (AvgIpc) is 2.29. The second kappa shape index (κ2) is 5.86. The minimum atomic E-state index is -0.554. The van der Waals surface area contributed by atoms with Crippen molar-refractivity contribution in [1.82, 2.24) is 10.3 Å². The molecular weight excluding hydrogens is 202 g/mol. The average molecular weight is 217 g/mol. The number of hydrogen-bond acceptors (Lipinski definition) is 3. The third-order valence-electron chi connectivity index (χ3n) is 2.47. The maximum atomic E-state index is 11.5. The molecule has 1 unspecified atom stereocenters. The molecule has 0 aliphatic rings. The van der Waals surface area contributed by atoms with Gasteiger partial charge in [0.2, 0.25) is 5.91 Å². The molecule has 0 aliphatic heterocycles. The van der Waals surface area contributed by atoms with Crippen molar-refractivity contribution in [3.05, 3.63) is 29.6 Å². The van der Waals surface area contributed by atoms with E-state index in [1.807, 2.05) is 26.0 Å². The quantitative estimate of drug-likeness (QED) is 0.832. The Hall–Kier alpha value is -1.89. The fourth-order valence-electron chi connectivity index (χ4n) is 1.34. The van der Waals surface area contributed by atoms with Gasteiger partial charge in [-0.05, 0) is 30.5 Å². The van der Waals surface area contributed by atoms with Crippen molar-refractivity contribution in [2.75, 3.05) is 0 Å². The summed E-state index contributed by atoms with van der Waals surface area (Å²) in [5.41, 5.74) is 2.06. The first-order valence-corrected chi connectivity index (χ1v) is 5.25. The van der Waals surface area contributed by atoms with Crippen LogP contribution in [0.4, 0.5) is 0 Å². The van der Waals surface area contributed by atoms with E-state index >= 15 is 0 Å². The van der Waals surface area contributed by atoms with Crippen LogP contribution >= 0.6 is 0 Å². The molecule has 0 radical (unpaired) electrons. The molecule has 1 amide bonds. The molecule has 16 heavy (non-hydrogen) atoms. The van der Waals surface area contributed by atoms with Gasteiger partial charge in [-0.1, -0.05) is 6.92 Å². The standard InChI is InChI=1S/C12H15N3O/c1-3-10(6-13)12(16)15-8-11-4-5-14-7-9(11)2/h4-5,7,10H,3,8H2,1-2H3,(H,15,16). The number of nitrogens with zero attached hydrogens (tertiary/aromatic N) is 2. The zero-order chi connectivity index (χ0) is 12.0. The summed E-state index contributed by atoms with van der Waals surface area (Å²) in [5.74, 6) is -0.761. The van der Waals surface area contributed by atoms with E-state index in [4.69, 9.17) is 5.26 Å². The first-order valence-electron chi connectivity index (χ1n) is 5.25. The van der Waals surface area contributed by atoms with Crippen LogP contribution in [0.1, 0.15) is 24.5 Å². The molecule has 1 heterocycles. The van der Waals surface area contributed by atoms with E-state index < -0.39 is 5.92 Å². The molecule has 84 valence electrons. The number of aromatic nitrogens is 1. The Morgan fingerprint density at radius 1 is 1.69 bits per heavy atom. The van der Waals surface area contributed by atoms with E-state index in [1.165, 1.54) is 0 Å². The number of nitrogens with one attached hydrogen (secondary N) is 1. The Balaban J connectivity index is 2.56. The van der Waals surface area contributed by atoms with Gasteiger partial charge in [-0.15, -0.1) is 0 Å². The highest BCUT2D eigenvalue weighted by Gasteiger charge is 2.14. The lowest BCUT2D eigenvalue weighted by Crippen LogP contribution is -2.29. The topological polar surface area (TPSA) is 65.8 Å². The molecule has 0 bridgehead atoms. The first-order chi connectivity index (χ1) is 7.69. The molecule has 0 spiro atoms. The molecule has 0 saturated carbocycles. The van der Waals surface area contributed by atoms with Gasteiger partial charge >= 0.3 is 0 Å². The summed E-state index contributed by atoms with van der Waals surface area (Å²) in [6, 6.07) is 3.84. The number of nitriles is 1. The van der Waals surface area contributed by atoms with Crippen molar-refractivity contribution in [2.45, 2.75) is 26.8 Å². The molecule has 0 aromatic carbocycles. The largest absolute Gasteiger partial charge is 0.351 e. The van der Waals surface area contributed by atoms with Gasteiger partial charge in [-0.2, -0.15) is 5.26 Å². The van der Waals surface area contributed by atoms with Crippen LogP contribution in [0.25, 0.3) is 0 Å². The van der Waals surface area contributed by atoms with Crippen LogP contribution in [-0.4, -0.2) is 10.9 Å². The Kier molecular flexibility index (Phi) is 4.46. The summed E-state index contributed by atoms with van der Waals surface area (Å²) in [4.78, 5) is 15.5. The van der Waals surface area contributed by atoms with Crippen LogP contribution < -0.4 is 5.32 Å². The number of carbonyl (C=O) groups is 1. The molecule has 1 N–H and O–H groups in total. The van der Waals surface area contributed by atoms with Gasteiger partial charge in [0, 0.05) is 18.9 Å². The molecule has 4 nitrogen and oxygen atoms in total. The van der Waals surface area contributed by atoms with Crippen molar-refractivity contribution < 1.29 is 4.79 Å². The molecule has 1 aromatic rings. The highest BCUT2D eigenvalue weighted by Crippen LogP contribution is 2.06. The third kappa shape index (κ3) is 3.06. The zero-order valence-corrected chi connectivity index (χ0v) is 9.53. The highest BCUT2D eigenvalue weighted by atomic mass is 16.1. The molecule has 1 atom stereocenters. The van der Waals surface area contributed by atoms with Crippen molar-refractivity contribution >= 4 is 5.91 Å². The van der Waals surface area contributed by atoms with Gasteiger partial charge < -0.3 is 5.32 Å². The summed E-state index contributed by atoms with van der Waals surface area (Å²) < 4.78 is 0. The normalized spacial score (nSPS) is 11.6. The molecule has 1 aromatic heterocycles. The van der Waals surface area contributed by atoms with Gasteiger partial charge in [0.15, 0.2) is 0 Å². The minimum absolute atomic E-state index is 0.207. The van der Waals surface area contributed by atoms with E-state index in [0.717, 1.165) is 11.1 Å². The van der Waals surface area contributed by atoms with Crippen molar-refractivity contribution in [3.8, 4) is 6.07 Å². The second-order valence-electron chi connectivity index (χ2n) is 3.61. The van der Waals surface area contributed by atoms with Gasteiger partial charge in [0.05, 0.1) is 6.07 Å². The maximum absolute atomic E-state index is 11.5. The van der Waals surface area contributed by atoms with E-state index in [9.17, 15) is 4.79 Å². The van der Waals surface area contributed by atoms with Crippen LogP contribution in [0.2, 0.25) is 0 Å². The minimum Gasteiger partial charge on any atom is -0.351 e. The molecular formula is C12H15N3O. The van der Waals surface area contributed by atoms with E-state index in [-0.39, 0.29) is 5.91 Å². The van der Waals surface area contributed by atoms with E-state index in [2.05, 4.69) is 10.3 Å². The Morgan fingerprint density at radius 2 is 2.44 bits per heavy atom. The lowest BCUT2D eigenvalue weighted by molar-refractivity contribution is -0.123. The Bertz CT molecular complexity index is 409. The van der Waals surface area contributed by atoms with Gasteiger partial charge in [0.25, 0.3) is 0 Å². The second-order valence-corrected chi connectivity index (χ2v) is 3.61. The predicted molar refractivity (Wildman–Crippen MR) is 60.2 cm³/mol. The number of hydrogen-bond donors (Lipinski definition) is 1. The van der Waals surface area contributed by atoms with Gasteiger partial charge in [0.1, 0.15) is 5.92 Å². The monoisotopic (exact) mass is 217 g/mol. The van der Waals surface area contributed by atoms with Gasteiger partial charge in [-0.25, -0.2) is 0 Å². The van der Waals surface area contributed by atoms with Crippen LogP contribution in [0.15, 0.2) is 18.5 Å². The molecule has 0 aliphatic carbocycles. The van der Waals surface area contributed by atoms with Gasteiger partial charge in [-0.3, -0.25) is 9.78 Å². The van der Waals surface area contributed by atoms with Crippen molar-refractivity contribution in [3.63, 3.8) is 0 Å². The number of carbonyl (C=O) groups excluding carboxylic acids is 1. The summed E-state index contributed by atoms with van der Waals surface area (Å²) in [5, 5.41) is 11.5. The number of rotatable bonds is 4. The molecule has 4 heteroatoms. The van der Waals surface area contributed by atoms with Crippen LogP contribution in [0, 0.1) is 24.2 Å². The molecule has 0 saturated heterocycles. The number of amides is 1. The summed E-state index contributed by atoms with van der Waals surface area (Å²) in [6.45, 7) is 4.21. The third-order valence-corrected chi connectivity index (χ3v) is 2.47. The van der Waals surface area contributed by atoms with E-state index in [0.29, 0.717) is 13.0 Å². The fraction of sp³-hybridized carbons (Fsp3) is 0.417. The van der Waals surface area contributed by atoms with Crippen molar-refractivity contribution in [1.29, 1.82) is 5.26 Å². The fourth-order valence-corrected chi connectivity index (χ4v) is 1.34. The SMILES string of the molecule is CCC(C#N)C(=O)NCc1ccncc1C. The summed E-state index contributed by atoms with van der Waals surface area (Å²) in [7, 11) is 0. The highest BCUT2D eigenvalue weighted by molar-refractivity contribution is 5.80. The lowest BCUT2D eigenvalue weighted by atomic mass is 10.1. The van der Waals surface area contributed by atoms with Crippen LogP contribution in [0.5, 0.6) is 0 Å². The predicted octanol–water partition coefficient (Wildman–Crippen LogP) is 1.56. The van der Waals surface area contributed by atoms with E-state index in [1.54, 1.807) is 12.4 Å². The van der Waals surface area contributed by atoms with Crippen LogP contribution in [-0.2, 0) is 11.3 Å². The van der Waals surface area contributed by atoms with Crippen LogP contribution in [0.3, 0.4) is 0 Å². The summed E-state index contributed by atoms with van der Waals surface area (Å²) >= 11 is 0.